The Morgan fingerprint density at radius 2 is 2.26 bits per heavy atom. The van der Waals surface area contributed by atoms with Gasteiger partial charge in [-0.15, -0.1) is 11.3 Å². The molecule has 0 aliphatic heterocycles. The molecule has 1 aromatic heterocycles. The van der Waals surface area contributed by atoms with Crippen LogP contribution in [-0.2, 0) is 4.79 Å². The molecule has 1 unspecified atom stereocenters. The van der Waals surface area contributed by atoms with Crippen LogP contribution in [0.25, 0.3) is 6.08 Å². The van der Waals surface area contributed by atoms with Gasteiger partial charge in [-0.3, -0.25) is 4.79 Å². The number of rotatable bonds is 7. The highest BCUT2D eigenvalue weighted by atomic mass is 32.2. The minimum Gasteiger partial charge on any atom is -0.478 e. The third-order valence-electron chi connectivity index (χ3n) is 2.37. The maximum Gasteiger partial charge on any atom is 0.328 e. The summed E-state index contributed by atoms with van der Waals surface area (Å²) >= 11 is 3.03. The number of thioether (sulfide) groups is 1. The van der Waals surface area contributed by atoms with E-state index in [9.17, 15) is 9.59 Å². The third-order valence-corrected chi connectivity index (χ3v) is 4.07. The van der Waals surface area contributed by atoms with Crippen molar-refractivity contribution >= 4 is 41.1 Å². The van der Waals surface area contributed by atoms with E-state index in [1.165, 1.54) is 17.4 Å². The fourth-order valence-electron chi connectivity index (χ4n) is 1.38. The zero-order valence-electron chi connectivity index (χ0n) is 10.9. The summed E-state index contributed by atoms with van der Waals surface area (Å²) in [6.45, 7) is 1.98. The van der Waals surface area contributed by atoms with Crippen LogP contribution in [0, 0.1) is 0 Å². The summed E-state index contributed by atoms with van der Waals surface area (Å²) in [5.41, 5.74) is 0. The van der Waals surface area contributed by atoms with Crippen LogP contribution in [0.4, 0.5) is 0 Å². The van der Waals surface area contributed by atoms with Gasteiger partial charge in [-0.2, -0.15) is 11.8 Å². The number of nitrogens with one attached hydrogen (secondary N) is 1. The number of carbonyl (C=O) groups is 2. The predicted molar refractivity (Wildman–Crippen MR) is 80.9 cm³/mol. The number of thiophene rings is 1. The third kappa shape index (κ3) is 5.94. The molecule has 6 heteroatoms. The minimum absolute atomic E-state index is 0.103. The molecule has 0 aromatic carbocycles. The van der Waals surface area contributed by atoms with Crippen LogP contribution in [0.1, 0.15) is 27.9 Å². The van der Waals surface area contributed by atoms with Crippen LogP contribution in [-0.4, -0.2) is 35.0 Å². The van der Waals surface area contributed by atoms with Gasteiger partial charge in [0, 0.05) is 17.0 Å². The van der Waals surface area contributed by atoms with E-state index < -0.39 is 5.97 Å². The van der Waals surface area contributed by atoms with E-state index in [1.807, 2.05) is 13.2 Å². The topological polar surface area (TPSA) is 66.4 Å². The molecule has 1 amide bonds. The molecular weight excluding hydrogens is 282 g/mol. The van der Waals surface area contributed by atoms with E-state index in [0.717, 1.165) is 23.1 Å². The van der Waals surface area contributed by atoms with Gasteiger partial charge in [0.1, 0.15) is 0 Å². The summed E-state index contributed by atoms with van der Waals surface area (Å²) in [5.74, 6) is -0.0861. The molecule has 1 heterocycles. The van der Waals surface area contributed by atoms with E-state index in [-0.39, 0.29) is 11.9 Å². The maximum atomic E-state index is 11.9. The second kappa shape index (κ2) is 8.01. The Bertz CT molecular complexity index is 468. The van der Waals surface area contributed by atoms with Crippen LogP contribution < -0.4 is 5.32 Å². The van der Waals surface area contributed by atoms with Crippen molar-refractivity contribution in [2.45, 2.75) is 19.4 Å². The van der Waals surface area contributed by atoms with E-state index in [4.69, 9.17) is 5.11 Å². The number of aliphatic carboxylic acids is 1. The number of carboxylic acids is 1. The highest BCUT2D eigenvalue weighted by molar-refractivity contribution is 7.98. The predicted octanol–water partition coefficient (Wildman–Crippen LogP) is 2.72. The van der Waals surface area contributed by atoms with Gasteiger partial charge >= 0.3 is 5.97 Å². The normalized spacial score (nSPS) is 12.5. The zero-order chi connectivity index (χ0) is 14.3. The van der Waals surface area contributed by atoms with Crippen LogP contribution >= 0.6 is 23.1 Å². The first kappa shape index (κ1) is 15.8. The SMILES string of the molecule is CSCCC(C)NC(=O)c1ccc(/C=C/C(=O)O)s1. The van der Waals surface area contributed by atoms with Gasteiger partial charge in [-0.1, -0.05) is 0 Å². The number of carboxylic acid groups (broad SMARTS) is 1. The van der Waals surface area contributed by atoms with Crippen molar-refractivity contribution in [3.05, 3.63) is 28.0 Å². The fraction of sp³-hybridized carbons (Fsp3) is 0.385. The van der Waals surface area contributed by atoms with Crippen LogP contribution in [0.15, 0.2) is 18.2 Å². The molecule has 0 radical (unpaired) electrons. The molecule has 0 aliphatic carbocycles. The van der Waals surface area contributed by atoms with E-state index in [1.54, 1.807) is 23.9 Å². The zero-order valence-corrected chi connectivity index (χ0v) is 12.5. The molecule has 0 saturated heterocycles. The van der Waals surface area contributed by atoms with Crippen molar-refractivity contribution in [2.75, 3.05) is 12.0 Å². The quantitative estimate of drug-likeness (QED) is 0.760. The molecule has 1 rings (SSSR count). The van der Waals surface area contributed by atoms with E-state index >= 15 is 0 Å². The first-order valence-electron chi connectivity index (χ1n) is 5.83. The lowest BCUT2D eigenvalue weighted by Gasteiger charge is -2.11. The van der Waals surface area contributed by atoms with Crippen molar-refractivity contribution in [3.63, 3.8) is 0 Å². The Balaban J connectivity index is 2.56. The summed E-state index contributed by atoms with van der Waals surface area (Å²) in [4.78, 5) is 23.7. The maximum absolute atomic E-state index is 11.9. The first-order valence-corrected chi connectivity index (χ1v) is 8.04. The summed E-state index contributed by atoms with van der Waals surface area (Å²) in [6.07, 6.45) is 5.52. The van der Waals surface area contributed by atoms with Crippen LogP contribution in [0.3, 0.4) is 0 Å². The summed E-state index contributed by atoms with van der Waals surface area (Å²) < 4.78 is 0. The second-order valence-corrected chi connectivity index (χ2v) is 6.13. The highest BCUT2D eigenvalue weighted by Gasteiger charge is 2.11. The van der Waals surface area contributed by atoms with Gasteiger partial charge in [0.25, 0.3) is 5.91 Å². The molecule has 0 bridgehead atoms. The van der Waals surface area contributed by atoms with Crippen molar-refractivity contribution in [3.8, 4) is 0 Å². The van der Waals surface area contributed by atoms with Gasteiger partial charge in [0.05, 0.1) is 4.88 Å². The van der Waals surface area contributed by atoms with Gasteiger partial charge in [-0.05, 0) is 43.6 Å². The van der Waals surface area contributed by atoms with Crippen molar-refractivity contribution < 1.29 is 14.7 Å². The molecule has 104 valence electrons. The van der Waals surface area contributed by atoms with Crippen molar-refractivity contribution in [1.29, 1.82) is 0 Å². The lowest BCUT2D eigenvalue weighted by molar-refractivity contribution is -0.131. The molecule has 0 aliphatic rings. The average Bonchev–Trinajstić information content (AvgIpc) is 2.82. The van der Waals surface area contributed by atoms with Gasteiger partial charge < -0.3 is 10.4 Å². The Morgan fingerprint density at radius 3 is 2.89 bits per heavy atom. The molecule has 1 atom stereocenters. The van der Waals surface area contributed by atoms with E-state index in [0.29, 0.717) is 4.88 Å². The largest absolute Gasteiger partial charge is 0.478 e. The smallest absolute Gasteiger partial charge is 0.328 e. The Hall–Kier alpha value is -1.27. The molecule has 1 aromatic rings. The molecule has 0 fully saturated rings. The lowest BCUT2D eigenvalue weighted by atomic mass is 10.2. The number of carbonyl (C=O) groups excluding carboxylic acids is 1. The average molecular weight is 299 g/mol. The van der Waals surface area contributed by atoms with E-state index in [2.05, 4.69) is 5.32 Å². The van der Waals surface area contributed by atoms with Crippen LogP contribution in [0.5, 0.6) is 0 Å². The van der Waals surface area contributed by atoms with Gasteiger partial charge in [0.15, 0.2) is 0 Å². The Morgan fingerprint density at radius 1 is 1.53 bits per heavy atom. The van der Waals surface area contributed by atoms with Crippen molar-refractivity contribution in [1.82, 2.24) is 5.32 Å². The monoisotopic (exact) mass is 299 g/mol. The lowest BCUT2D eigenvalue weighted by Crippen LogP contribution is -2.32. The standard InChI is InChI=1S/C13H17NO3S2/c1-9(7-8-18-2)14-13(17)11-5-3-10(19-11)4-6-12(15)16/h3-6,9H,7-8H2,1-2H3,(H,14,17)(H,15,16)/b6-4+. The molecule has 2 N–H and O–H groups in total. The van der Waals surface area contributed by atoms with Gasteiger partial charge in [0.2, 0.25) is 0 Å². The molecular formula is C13H17NO3S2. The summed E-state index contributed by atoms with van der Waals surface area (Å²) in [5, 5.41) is 11.5. The number of hydrogen-bond acceptors (Lipinski definition) is 4. The van der Waals surface area contributed by atoms with Crippen LogP contribution in [0.2, 0.25) is 0 Å². The van der Waals surface area contributed by atoms with Crippen molar-refractivity contribution in [2.24, 2.45) is 0 Å². The Kier molecular flexibility index (Phi) is 6.66. The van der Waals surface area contributed by atoms with Gasteiger partial charge in [-0.25, -0.2) is 4.79 Å². The molecule has 0 spiro atoms. The number of hydrogen-bond donors (Lipinski definition) is 2. The molecule has 0 saturated carbocycles. The Labute approximate surface area is 120 Å². The summed E-state index contributed by atoms with van der Waals surface area (Å²) in [6, 6.07) is 3.59. The fourth-order valence-corrected chi connectivity index (χ4v) is 2.78. The molecule has 4 nitrogen and oxygen atoms in total. The highest BCUT2D eigenvalue weighted by Crippen LogP contribution is 2.18. The minimum atomic E-state index is -0.995. The number of amides is 1. The first-order chi connectivity index (χ1) is 9.02. The second-order valence-electron chi connectivity index (χ2n) is 4.03. The summed E-state index contributed by atoms with van der Waals surface area (Å²) in [7, 11) is 0. The molecule has 19 heavy (non-hydrogen) atoms.